The van der Waals surface area contributed by atoms with Crippen molar-refractivity contribution in [1.29, 1.82) is 0 Å². The van der Waals surface area contributed by atoms with Crippen molar-refractivity contribution >= 4 is 17.6 Å². The van der Waals surface area contributed by atoms with E-state index in [2.05, 4.69) is 0 Å². The van der Waals surface area contributed by atoms with Gasteiger partial charge in [0.2, 0.25) is 0 Å². The highest BCUT2D eigenvalue weighted by Gasteiger charge is 2.27. The second-order valence-electron chi connectivity index (χ2n) is 6.29. The number of morpholine rings is 1. The zero-order valence-electron chi connectivity index (χ0n) is 14.9. The maximum absolute atomic E-state index is 12.7. The van der Waals surface area contributed by atoms with Gasteiger partial charge in [-0.25, -0.2) is 0 Å². The molecule has 0 aliphatic carbocycles. The number of carboxylic acids is 1. The minimum Gasteiger partial charge on any atom is -0.480 e. The van der Waals surface area contributed by atoms with Crippen molar-refractivity contribution in [2.75, 3.05) is 39.8 Å². The van der Waals surface area contributed by atoms with E-state index in [1.54, 1.807) is 29.0 Å². The van der Waals surface area contributed by atoms with Gasteiger partial charge in [-0.3, -0.25) is 24.6 Å². The van der Waals surface area contributed by atoms with E-state index >= 15 is 0 Å². The molecular weight excluding hydrogens is 342 g/mol. The van der Waals surface area contributed by atoms with Gasteiger partial charge in [0, 0.05) is 36.8 Å². The van der Waals surface area contributed by atoms with Crippen molar-refractivity contribution < 1.29 is 24.4 Å². The monoisotopic (exact) mass is 365 g/mol. The molecule has 1 aromatic rings. The molecule has 0 saturated carbocycles. The average molecular weight is 365 g/mol. The van der Waals surface area contributed by atoms with Crippen LogP contribution in [0.3, 0.4) is 0 Å². The molecule has 26 heavy (non-hydrogen) atoms. The van der Waals surface area contributed by atoms with Crippen LogP contribution in [0.25, 0.3) is 0 Å². The molecule has 0 bridgehead atoms. The van der Waals surface area contributed by atoms with Crippen LogP contribution in [0.5, 0.6) is 0 Å². The molecule has 1 aliphatic heterocycles. The average Bonchev–Trinajstić information content (AvgIpc) is 2.59. The number of hydrogen-bond acceptors (Lipinski definition) is 6. The Morgan fingerprint density at radius 2 is 2.19 bits per heavy atom. The molecule has 142 valence electrons. The molecule has 0 radical (unpaired) electrons. The number of likely N-dealkylation sites (N-methyl/N-ethyl adjacent to an activating group) is 1. The van der Waals surface area contributed by atoms with Crippen molar-refractivity contribution in [2.24, 2.45) is 0 Å². The SMILES string of the molecule is CCc1ccc(C(=O)N2CCOC(CN(C)CC(=O)O)C2)cc1[N+](=O)[O-]. The molecule has 1 aliphatic rings. The molecule has 2 rings (SSSR count). The molecule has 1 fully saturated rings. The number of nitro groups is 1. The van der Waals surface area contributed by atoms with Gasteiger partial charge in [0.1, 0.15) is 0 Å². The third-order valence-electron chi connectivity index (χ3n) is 4.26. The third kappa shape index (κ3) is 4.99. The molecule has 1 N–H and O–H groups in total. The van der Waals surface area contributed by atoms with Gasteiger partial charge in [-0.1, -0.05) is 13.0 Å². The maximum Gasteiger partial charge on any atom is 0.317 e. The summed E-state index contributed by atoms with van der Waals surface area (Å²) in [5.74, 6) is -1.22. The van der Waals surface area contributed by atoms with E-state index in [-0.39, 0.29) is 29.8 Å². The first-order valence-corrected chi connectivity index (χ1v) is 8.40. The molecule has 1 unspecified atom stereocenters. The fraction of sp³-hybridized carbons (Fsp3) is 0.529. The van der Waals surface area contributed by atoms with Crippen molar-refractivity contribution in [3.63, 3.8) is 0 Å². The van der Waals surface area contributed by atoms with Crippen LogP contribution in [0.2, 0.25) is 0 Å². The topological polar surface area (TPSA) is 113 Å². The molecule has 0 spiro atoms. The summed E-state index contributed by atoms with van der Waals surface area (Å²) in [5, 5.41) is 20.0. The lowest BCUT2D eigenvalue weighted by atomic mass is 10.1. The zero-order chi connectivity index (χ0) is 19.3. The summed E-state index contributed by atoms with van der Waals surface area (Å²) >= 11 is 0. The number of carbonyl (C=O) groups is 2. The van der Waals surface area contributed by atoms with E-state index in [0.29, 0.717) is 38.2 Å². The van der Waals surface area contributed by atoms with Gasteiger partial charge in [0.25, 0.3) is 11.6 Å². The molecule has 1 amide bonds. The Kier molecular flexibility index (Phi) is 6.64. The Morgan fingerprint density at radius 3 is 2.81 bits per heavy atom. The number of rotatable bonds is 7. The minimum absolute atomic E-state index is 0.0515. The Labute approximate surface area is 151 Å². The van der Waals surface area contributed by atoms with E-state index in [4.69, 9.17) is 9.84 Å². The Balaban J connectivity index is 2.08. The Bertz CT molecular complexity index is 693. The van der Waals surface area contributed by atoms with Gasteiger partial charge in [-0.15, -0.1) is 0 Å². The second-order valence-corrected chi connectivity index (χ2v) is 6.29. The number of benzene rings is 1. The standard InChI is InChI=1S/C17H23N3O6/c1-3-12-4-5-13(8-15(12)20(24)25)17(23)19-6-7-26-14(10-19)9-18(2)11-16(21)22/h4-5,8,14H,3,6-7,9-11H2,1-2H3,(H,21,22). The molecule has 0 aromatic heterocycles. The first-order valence-electron chi connectivity index (χ1n) is 8.40. The van der Waals surface area contributed by atoms with Gasteiger partial charge >= 0.3 is 5.97 Å². The molecular formula is C17H23N3O6. The summed E-state index contributed by atoms with van der Waals surface area (Å²) in [6, 6.07) is 4.54. The van der Waals surface area contributed by atoms with Crippen molar-refractivity contribution in [1.82, 2.24) is 9.80 Å². The van der Waals surface area contributed by atoms with Crippen molar-refractivity contribution in [3.8, 4) is 0 Å². The molecule has 1 aromatic carbocycles. The van der Waals surface area contributed by atoms with Crippen LogP contribution in [-0.2, 0) is 16.0 Å². The van der Waals surface area contributed by atoms with Crippen molar-refractivity contribution in [3.05, 3.63) is 39.4 Å². The number of hydrogen-bond donors (Lipinski definition) is 1. The number of carbonyl (C=O) groups excluding carboxylic acids is 1. The van der Waals surface area contributed by atoms with E-state index in [0.717, 1.165) is 0 Å². The zero-order valence-corrected chi connectivity index (χ0v) is 14.9. The summed E-state index contributed by atoms with van der Waals surface area (Å²) in [5.41, 5.74) is 0.805. The van der Waals surface area contributed by atoms with Crippen LogP contribution >= 0.6 is 0 Å². The van der Waals surface area contributed by atoms with Gasteiger partial charge in [0.15, 0.2) is 0 Å². The van der Waals surface area contributed by atoms with E-state index in [1.165, 1.54) is 6.07 Å². The second kappa shape index (κ2) is 8.72. The lowest BCUT2D eigenvalue weighted by Gasteiger charge is -2.34. The minimum atomic E-state index is -0.931. The van der Waals surface area contributed by atoms with Crippen LogP contribution in [0, 0.1) is 10.1 Å². The summed E-state index contributed by atoms with van der Waals surface area (Å²) in [4.78, 5) is 37.4. The number of carboxylic acid groups (broad SMARTS) is 1. The normalized spacial score (nSPS) is 17.3. The van der Waals surface area contributed by atoms with Crippen LogP contribution in [-0.4, -0.2) is 77.6 Å². The van der Waals surface area contributed by atoms with Gasteiger partial charge in [0.05, 0.1) is 24.2 Å². The van der Waals surface area contributed by atoms with Crippen LogP contribution < -0.4 is 0 Å². The summed E-state index contributed by atoms with van der Waals surface area (Å²) in [6.07, 6.45) is 0.210. The van der Waals surface area contributed by atoms with E-state index in [9.17, 15) is 19.7 Å². The van der Waals surface area contributed by atoms with Crippen LogP contribution in [0.1, 0.15) is 22.8 Å². The third-order valence-corrected chi connectivity index (χ3v) is 4.26. The molecule has 9 heteroatoms. The number of aliphatic carboxylic acids is 1. The summed E-state index contributed by atoms with van der Waals surface area (Å²) in [7, 11) is 1.67. The smallest absolute Gasteiger partial charge is 0.317 e. The molecule has 1 heterocycles. The fourth-order valence-electron chi connectivity index (χ4n) is 3.01. The van der Waals surface area contributed by atoms with Crippen LogP contribution in [0.15, 0.2) is 18.2 Å². The van der Waals surface area contributed by atoms with Gasteiger partial charge in [-0.2, -0.15) is 0 Å². The molecule has 1 atom stereocenters. The highest BCUT2D eigenvalue weighted by molar-refractivity contribution is 5.95. The van der Waals surface area contributed by atoms with E-state index in [1.807, 2.05) is 6.92 Å². The lowest BCUT2D eigenvalue weighted by molar-refractivity contribution is -0.385. The summed E-state index contributed by atoms with van der Waals surface area (Å²) < 4.78 is 5.61. The number of aryl methyl sites for hydroxylation is 1. The molecule has 1 saturated heterocycles. The highest BCUT2D eigenvalue weighted by Crippen LogP contribution is 2.22. The lowest BCUT2D eigenvalue weighted by Crippen LogP contribution is -2.49. The maximum atomic E-state index is 12.7. The van der Waals surface area contributed by atoms with Gasteiger partial charge < -0.3 is 14.7 Å². The number of amides is 1. The Hall–Kier alpha value is -2.52. The van der Waals surface area contributed by atoms with E-state index < -0.39 is 10.9 Å². The fourth-order valence-corrected chi connectivity index (χ4v) is 3.01. The highest BCUT2D eigenvalue weighted by atomic mass is 16.6. The summed E-state index contributed by atoms with van der Waals surface area (Å²) in [6.45, 7) is 3.13. The number of nitro benzene ring substituents is 1. The first kappa shape index (κ1) is 19.8. The molecule has 9 nitrogen and oxygen atoms in total. The van der Waals surface area contributed by atoms with Crippen LogP contribution in [0.4, 0.5) is 5.69 Å². The number of nitrogens with zero attached hydrogens (tertiary/aromatic N) is 3. The van der Waals surface area contributed by atoms with Gasteiger partial charge in [-0.05, 0) is 19.5 Å². The number of ether oxygens (including phenoxy) is 1. The largest absolute Gasteiger partial charge is 0.480 e. The predicted molar refractivity (Wildman–Crippen MR) is 93.3 cm³/mol. The quantitative estimate of drug-likeness (QED) is 0.567. The predicted octanol–water partition coefficient (Wildman–Crippen LogP) is 1.01. The van der Waals surface area contributed by atoms with Crippen molar-refractivity contribution in [2.45, 2.75) is 19.4 Å². The first-order chi connectivity index (χ1) is 12.3. The Morgan fingerprint density at radius 1 is 1.46 bits per heavy atom.